The van der Waals surface area contributed by atoms with E-state index in [2.05, 4.69) is 14.8 Å². The van der Waals surface area contributed by atoms with E-state index in [0.717, 1.165) is 0 Å². The lowest BCUT2D eigenvalue weighted by atomic mass is 10.1. The Hall–Kier alpha value is -3.30. The molecule has 0 aromatic heterocycles. The van der Waals surface area contributed by atoms with Crippen molar-refractivity contribution in [2.45, 2.75) is 26.3 Å². The first kappa shape index (κ1) is 21.7. The molecule has 1 atom stereocenters. The van der Waals surface area contributed by atoms with Crippen LogP contribution in [0.1, 0.15) is 19.4 Å². The summed E-state index contributed by atoms with van der Waals surface area (Å²) in [5.41, 5.74) is 0.655. The monoisotopic (exact) mass is 354 g/mol. The molecule has 10 nitrogen and oxygen atoms in total. The predicted molar refractivity (Wildman–Crippen MR) is 84.3 cm³/mol. The molecular weight excluding hydrogens is 336 g/mol. The first-order valence-corrected chi connectivity index (χ1v) is 6.91. The number of nitrogens with zero attached hydrogens (tertiary/aromatic N) is 1. The maximum atomic E-state index is 11.3. The molecule has 1 aromatic carbocycles. The Kier molecular flexibility index (Phi) is 9.78. The van der Waals surface area contributed by atoms with Crippen molar-refractivity contribution in [1.29, 1.82) is 0 Å². The fraction of sp³-hybridized carbons (Fsp3) is 0.333. The van der Waals surface area contributed by atoms with E-state index in [1.54, 1.807) is 0 Å². The van der Waals surface area contributed by atoms with E-state index >= 15 is 0 Å². The summed E-state index contributed by atoms with van der Waals surface area (Å²) in [6.07, 6.45) is 0.621. The average molecular weight is 354 g/mol. The summed E-state index contributed by atoms with van der Waals surface area (Å²) in [5.74, 6) is -1.69. The van der Waals surface area contributed by atoms with Crippen LogP contribution < -0.4 is 5.32 Å². The Morgan fingerprint density at radius 1 is 1.20 bits per heavy atom. The number of esters is 3. The van der Waals surface area contributed by atoms with Gasteiger partial charge in [-0.2, -0.15) is 0 Å². The third-order valence-corrected chi connectivity index (χ3v) is 2.63. The highest BCUT2D eigenvalue weighted by atomic mass is 16.6. The predicted octanol–water partition coefficient (Wildman–Crippen LogP) is 0.521. The van der Waals surface area contributed by atoms with Crippen molar-refractivity contribution in [1.82, 2.24) is 5.32 Å². The lowest BCUT2D eigenvalue weighted by molar-refractivity contribution is -0.384. The molecule has 0 saturated carbocycles. The molecule has 0 heterocycles. The molecule has 0 fully saturated rings. The van der Waals surface area contributed by atoms with Gasteiger partial charge in [0.2, 0.25) is 6.41 Å². The van der Waals surface area contributed by atoms with E-state index in [9.17, 15) is 29.3 Å². The average Bonchev–Trinajstić information content (AvgIpc) is 2.53. The number of non-ortho nitro benzene ring substituents is 1. The lowest BCUT2D eigenvalue weighted by Gasteiger charge is -2.13. The summed E-state index contributed by atoms with van der Waals surface area (Å²) in [4.78, 5) is 51.3. The summed E-state index contributed by atoms with van der Waals surface area (Å²) >= 11 is 0. The van der Waals surface area contributed by atoms with E-state index < -0.39 is 28.9 Å². The van der Waals surface area contributed by atoms with Crippen LogP contribution in [0.3, 0.4) is 0 Å². The molecule has 0 radical (unpaired) electrons. The number of methoxy groups -OCH3 is 1. The quantitative estimate of drug-likeness (QED) is 0.256. The van der Waals surface area contributed by atoms with Gasteiger partial charge < -0.3 is 14.8 Å². The van der Waals surface area contributed by atoms with Gasteiger partial charge in [0.25, 0.3) is 5.69 Å². The van der Waals surface area contributed by atoms with Crippen molar-refractivity contribution in [3.05, 3.63) is 39.9 Å². The SMILES string of the molecule is CC(=O)OC(C)=O.COC(=O)[C@H](Cc1ccc([N+](=O)[O-])cc1)NC=O. The molecule has 0 bridgehead atoms. The van der Waals surface area contributed by atoms with Crippen LogP contribution in [0.5, 0.6) is 0 Å². The van der Waals surface area contributed by atoms with E-state index in [-0.39, 0.29) is 12.1 Å². The van der Waals surface area contributed by atoms with Crippen molar-refractivity contribution in [3.63, 3.8) is 0 Å². The van der Waals surface area contributed by atoms with Crippen LogP contribution >= 0.6 is 0 Å². The first-order chi connectivity index (χ1) is 11.7. The van der Waals surface area contributed by atoms with Crippen LogP contribution in [-0.2, 0) is 35.1 Å². The molecule has 25 heavy (non-hydrogen) atoms. The summed E-state index contributed by atoms with van der Waals surface area (Å²) in [6.45, 7) is 2.36. The molecule has 1 aromatic rings. The lowest BCUT2D eigenvalue weighted by Crippen LogP contribution is -2.38. The number of rotatable bonds is 6. The number of hydrogen-bond acceptors (Lipinski definition) is 8. The summed E-state index contributed by atoms with van der Waals surface area (Å²) in [6, 6.07) is 4.94. The van der Waals surface area contributed by atoms with Crippen molar-refractivity contribution < 1.29 is 33.6 Å². The molecule has 10 heteroatoms. The van der Waals surface area contributed by atoms with E-state index in [0.29, 0.717) is 12.0 Å². The number of nitro benzene ring substituents is 1. The second-order valence-electron chi connectivity index (χ2n) is 4.57. The molecule has 1 amide bonds. The number of ether oxygens (including phenoxy) is 2. The van der Waals surface area contributed by atoms with Crippen LogP contribution in [-0.4, -0.2) is 42.4 Å². The minimum Gasteiger partial charge on any atom is -0.467 e. The second-order valence-corrected chi connectivity index (χ2v) is 4.57. The summed E-state index contributed by atoms with van der Waals surface area (Å²) in [5, 5.41) is 12.8. The normalized spacial score (nSPS) is 10.4. The maximum Gasteiger partial charge on any atom is 0.328 e. The number of benzene rings is 1. The van der Waals surface area contributed by atoms with Gasteiger partial charge in [-0.25, -0.2) is 4.79 Å². The van der Waals surface area contributed by atoms with E-state index in [1.807, 2.05) is 0 Å². The minimum absolute atomic E-state index is 0.0308. The highest BCUT2D eigenvalue weighted by molar-refractivity contribution is 5.82. The highest BCUT2D eigenvalue weighted by Crippen LogP contribution is 2.13. The van der Waals surface area contributed by atoms with Crippen molar-refractivity contribution >= 4 is 30.0 Å². The topological polar surface area (TPSA) is 142 Å². The molecule has 0 unspecified atom stereocenters. The molecular formula is C15H18N2O8. The molecule has 0 aliphatic heterocycles. The van der Waals surface area contributed by atoms with Crippen LogP contribution in [0, 0.1) is 10.1 Å². The molecule has 0 aliphatic carbocycles. The zero-order chi connectivity index (χ0) is 19.4. The van der Waals surface area contributed by atoms with Gasteiger partial charge in [-0.15, -0.1) is 0 Å². The summed E-state index contributed by atoms with van der Waals surface area (Å²) in [7, 11) is 1.22. The Labute approximate surface area is 143 Å². The Morgan fingerprint density at radius 3 is 2.04 bits per heavy atom. The number of carbonyl (C=O) groups excluding carboxylic acids is 4. The first-order valence-electron chi connectivity index (χ1n) is 6.91. The molecule has 0 saturated heterocycles. The fourth-order valence-electron chi connectivity index (χ4n) is 1.63. The van der Waals surface area contributed by atoms with Crippen molar-refractivity contribution in [3.8, 4) is 0 Å². The maximum absolute atomic E-state index is 11.3. The third kappa shape index (κ3) is 9.43. The highest BCUT2D eigenvalue weighted by Gasteiger charge is 2.18. The van der Waals surface area contributed by atoms with E-state index in [4.69, 9.17) is 0 Å². The van der Waals surface area contributed by atoms with Crippen molar-refractivity contribution in [2.75, 3.05) is 7.11 Å². The number of nitrogens with one attached hydrogen (secondary N) is 1. The van der Waals surface area contributed by atoms with Gasteiger partial charge in [0.15, 0.2) is 0 Å². The van der Waals surface area contributed by atoms with Crippen LogP contribution in [0.2, 0.25) is 0 Å². The Balaban J connectivity index is 0.000000697. The molecule has 0 spiro atoms. The molecule has 1 rings (SSSR count). The van der Waals surface area contributed by atoms with Gasteiger partial charge in [0, 0.05) is 32.4 Å². The summed E-state index contributed by atoms with van der Waals surface area (Å²) < 4.78 is 8.50. The Morgan fingerprint density at radius 2 is 1.72 bits per heavy atom. The molecule has 1 N–H and O–H groups in total. The van der Waals surface area contributed by atoms with Gasteiger partial charge in [-0.05, 0) is 5.56 Å². The van der Waals surface area contributed by atoms with Gasteiger partial charge in [0.05, 0.1) is 12.0 Å². The van der Waals surface area contributed by atoms with E-state index in [1.165, 1.54) is 45.2 Å². The van der Waals surface area contributed by atoms with Gasteiger partial charge >= 0.3 is 17.9 Å². The van der Waals surface area contributed by atoms with Crippen LogP contribution in [0.4, 0.5) is 5.69 Å². The largest absolute Gasteiger partial charge is 0.467 e. The second kappa shape index (κ2) is 11.3. The minimum atomic E-state index is -0.797. The number of carbonyl (C=O) groups is 4. The zero-order valence-electron chi connectivity index (χ0n) is 13.9. The molecule has 136 valence electrons. The zero-order valence-corrected chi connectivity index (χ0v) is 13.9. The van der Waals surface area contributed by atoms with Gasteiger partial charge in [-0.3, -0.25) is 24.5 Å². The van der Waals surface area contributed by atoms with Crippen LogP contribution in [0.15, 0.2) is 24.3 Å². The fourth-order valence-corrected chi connectivity index (χ4v) is 1.63. The third-order valence-electron chi connectivity index (χ3n) is 2.63. The molecule has 0 aliphatic rings. The standard InChI is InChI=1S/C11H12N2O5.C4H6O3/c1-18-11(15)10(12-7-14)6-8-2-4-9(5-3-8)13(16)17;1-3(5)7-4(2)6/h2-5,7,10H,6H2,1H3,(H,12,14);1-2H3/t10-;/m0./s1. The van der Waals surface area contributed by atoms with Crippen molar-refractivity contribution in [2.24, 2.45) is 0 Å². The van der Waals surface area contributed by atoms with Gasteiger partial charge in [0.1, 0.15) is 6.04 Å². The number of hydrogen-bond donors (Lipinski definition) is 1. The Bertz CT molecular complexity index is 615. The van der Waals surface area contributed by atoms with Gasteiger partial charge in [-0.1, -0.05) is 12.1 Å². The van der Waals surface area contributed by atoms with Crippen LogP contribution in [0.25, 0.3) is 0 Å². The number of amides is 1. The smallest absolute Gasteiger partial charge is 0.328 e. The number of nitro groups is 1.